The lowest BCUT2D eigenvalue weighted by Gasteiger charge is -2.12. The molecule has 0 atom stereocenters. The van der Waals surface area contributed by atoms with Gasteiger partial charge in [-0.25, -0.2) is 4.98 Å². The van der Waals surface area contributed by atoms with Gasteiger partial charge in [0, 0.05) is 27.5 Å². The first-order valence-electron chi connectivity index (χ1n) is 12.5. The first-order chi connectivity index (χ1) is 18.3. The van der Waals surface area contributed by atoms with Crippen molar-refractivity contribution < 1.29 is 9.53 Å². The lowest BCUT2D eigenvalue weighted by Crippen LogP contribution is -2.22. The highest BCUT2D eigenvalue weighted by Gasteiger charge is 2.21. The third kappa shape index (κ3) is 4.70. The molecular formula is C30H29N3O3S2. The monoisotopic (exact) mass is 543 g/mol. The molecule has 0 N–H and O–H groups in total. The van der Waals surface area contributed by atoms with Gasteiger partial charge in [-0.1, -0.05) is 30.0 Å². The van der Waals surface area contributed by atoms with Crippen molar-refractivity contribution in [3.05, 3.63) is 98.4 Å². The molecule has 5 aromatic rings. The number of carbonyl (C=O) groups is 1. The number of fused-ring (bicyclic) bond motifs is 1. The predicted octanol–water partition coefficient (Wildman–Crippen LogP) is 6.85. The summed E-state index contributed by atoms with van der Waals surface area (Å²) in [5.41, 5.74) is 5.09. The van der Waals surface area contributed by atoms with E-state index in [1.165, 1.54) is 23.1 Å². The van der Waals surface area contributed by atoms with E-state index < -0.39 is 0 Å². The Balaban J connectivity index is 1.48. The smallest absolute Gasteiger partial charge is 0.267 e. The lowest BCUT2D eigenvalue weighted by atomic mass is 10.2. The molecule has 0 spiro atoms. The molecule has 0 aliphatic heterocycles. The Morgan fingerprint density at radius 2 is 1.66 bits per heavy atom. The number of benzene rings is 2. The molecule has 194 valence electrons. The molecule has 0 saturated heterocycles. The Hall–Kier alpha value is -3.62. The normalized spacial score (nSPS) is 11.3. The number of nitrogens with zero attached hydrogens (tertiary/aromatic N) is 3. The van der Waals surface area contributed by atoms with Gasteiger partial charge in [0.2, 0.25) is 0 Å². The second kappa shape index (κ2) is 10.6. The van der Waals surface area contributed by atoms with Crippen LogP contribution in [0.25, 0.3) is 21.6 Å². The quantitative estimate of drug-likeness (QED) is 0.122. The number of thioether (sulfide) groups is 1. The summed E-state index contributed by atoms with van der Waals surface area (Å²) >= 11 is 2.82. The maximum atomic E-state index is 13.6. The number of ketones is 1. The highest BCUT2D eigenvalue weighted by Crippen LogP contribution is 2.30. The number of aromatic nitrogens is 3. The van der Waals surface area contributed by atoms with E-state index in [1.807, 2.05) is 95.3 Å². The van der Waals surface area contributed by atoms with Crippen LogP contribution in [0.15, 0.2) is 70.6 Å². The van der Waals surface area contributed by atoms with Crippen molar-refractivity contribution in [3.63, 3.8) is 0 Å². The minimum atomic E-state index is -0.105. The molecule has 6 nitrogen and oxygen atoms in total. The Kier molecular flexibility index (Phi) is 7.27. The first-order valence-corrected chi connectivity index (χ1v) is 14.3. The molecule has 0 bridgehead atoms. The van der Waals surface area contributed by atoms with Gasteiger partial charge in [-0.15, -0.1) is 11.3 Å². The summed E-state index contributed by atoms with van der Waals surface area (Å²) < 4.78 is 9.27. The molecule has 3 heterocycles. The molecular weight excluding hydrogens is 514 g/mol. The third-order valence-electron chi connectivity index (χ3n) is 6.66. The van der Waals surface area contributed by atoms with Gasteiger partial charge in [0.1, 0.15) is 10.6 Å². The molecule has 5 rings (SSSR count). The molecule has 2 aromatic carbocycles. The summed E-state index contributed by atoms with van der Waals surface area (Å²) in [6.07, 6.45) is 0. The standard InChI is InChI=1S/C30H29N3O3S2/c1-6-36-24-14-12-23(13-15-24)32-18(2)16-25(20(32)4)26(34)17-37-30-31-28-27(19(3)21(5)38-28)29(35)33(30)22-10-8-7-9-11-22/h7-16H,6,17H2,1-5H3. The molecule has 0 saturated carbocycles. The maximum absolute atomic E-state index is 13.6. The van der Waals surface area contributed by atoms with Crippen LogP contribution in [-0.4, -0.2) is 32.3 Å². The van der Waals surface area contributed by atoms with Crippen molar-refractivity contribution in [2.45, 2.75) is 39.8 Å². The van der Waals surface area contributed by atoms with E-state index in [4.69, 9.17) is 9.72 Å². The number of ether oxygens (including phenoxy) is 1. The van der Waals surface area contributed by atoms with Crippen LogP contribution in [-0.2, 0) is 0 Å². The highest BCUT2D eigenvalue weighted by molar-refractivity contribution is 7.99. The van der Waals surface area contributed by atoms with Crippen molar-refractivity contribution in [2.75, 3.05) is 12.4 Å². The van der Waals surface area contributed by atoms with E-state index in [2.05, 4.69) is 4.57 Å². The van der Waals surface area contributed by atoms with Crippen LogP contribution in [0.2, 0.25) is 0 Å². The van der Waals surface area contributed by atoms with E-state index in [0.29, 0.717) is 27.5 Å². The average molecular weight is 544 g/mol. The Bertz CT molecular complexity index is 1700. The lowest BCUT2D eigenvalue weighted by molar-refractivity contribution is 0.102. The number of para-hydroxylation sites is 1. The van der Waals surface area contributed by atoms with Crippen LogP contribution in [0.1, 0.15) is 39.1 Å². The second-order valence-corrected chi connectivity index (χ2v) is 11.2. The van der Waals surface area contributed by atoms with Crippen LogP contribution >= 0.6 is 23.1 Å². The van der Waals surface area contributed by atoms with E-state index in [1.54, 1.807) is 4.57 Å². The zero-order valence-corrected chi connectivity index (χ0v) is 23.7. The number of carbonyl (C=O) groups excluding carboxylic acids is 1. The molecule has 3 aromatic heterocycles. The largest absolute Gasteiger partial charge is 0.494 e. The zero-order valence-electron chi connectivity index (χ0n) is 22.1. The Labute approximate surface area is 229 Å². The van der Waals surface area contributed by atoms with Gasteiger partial charge < -0.3 is 9.30 Å². The number of hydrogen-bond donors (Lipinski definition) is 0. The van der Waals surface area contributed by atoms with Crippen molar-refractivity contribution in [3.8, 4) is 17.1 Å². The van der Waals surface area contributed by atoms with Gasteiger partial charge in [-0.2, -0.15) is 0 Å². The average Bonchev–Trinajstić information content (AvgIpc) is 3.37. The molecule has 0 radical (unpaired) electrons. The minimum absolute atomic E-state index is 0.00668. The fraction of sp³-hybridized carbons (Fsp3) is 0.233. The zero-order chi connectivity index (χ0) is 27.0. The summed E-state index contributed by atoms with van der Waals surface area (Å²) in [5, 5.41) is 1.16. The number of Topliss-reactive ketones (excluding diaryl/α,β-unsaturated/α-hetero) is 1. The third-order valence-corrected chi connectivity index (χ3v) is 8.70. The van der Waals surface area contributed by atoms with Crippen LogP contribution in [0.5, 0.6) is 5.75 Å². The van der Waals surface area contributed by atoms with Crippen LogP contribution < -0.4 is 10.3 Å². The highest BCUT2D eigenvalue weighted by atomic mass is 32.2. The molecule has 38 heavy (non-hydrogen) atoms. The van der Waals surface area contributed by atoms with Crippen LogP contribution in [0, 0.1) is 27.7 Å². The topological polar surface area (TPSA) is 66.1 Å². The Morgan fingerprint density at radius 3 is 2.34 bits per heavy atom. The number of thiophene rings is 1. The molecule has 8 heteroatoms. The Morgan fingerprint density at radius 1 is 0.974 bits per heavy atom. The van der Waals surface area contributed by atoms with Crippen LogP contribution in [0.3, 0.4) is 0 Å². The molecule has 0 aliphatic rings. The SMILES string of the molecule is CCOc1ccc(-n2c(C)cc(C(=O)CSc3nc4sc(C)c(C)c4c(=O)n3-c3ccccc3)c2C)cc1. The van der Waals surface area contributed by atoms with E-state index in [-0.39, 0.29) is 17.1 Å². The summed E-state index contributed by atoms with van der Waals surface area (Å²) in [6, 6.07) is 19.3. The van der Waals surface area contributed by atoms with Crippen LogP contribution in [0.4, 0.5) is 0 Å². The van der Waals surface area contributed by atoms with E-state index in [0.717, 1.165) is 39.0 Å². The summed E-state index contributed by atoms with van der Waals surface area (Å²) in [4.78, 5) is 33.7. The molecule has 0 unspecified atom stereocenters. The first kappa shape index (κ1) is 26.0. The predicted molar refractivity (Wildman–Crippen MR) is 156 cm³/mol. The number of aryl methyl sites for hydroxylation is 3. The van der Waals surface area contributed by atoms with Gasteiger partial charge in [0.25, 0.3) is 5.56 Å². The number of rotatable bonds is 8. The minimum Gasteiger partial charge on any atom is -0.494 e. The van der Waals surface area contributed by atoms with Gasteiger partial charge in [-0.3, -0.25) is 14.2 Å². The fourth-order valence-electron chi connectivity index (χ4n) is 4.69. The number of hydrogen-bond acceptors (Lipinski definition) is 6. The van der Waals surface area contributed by atoms with Gasteiger partial charge >= 0.3 is 0 Å². The van der Waals surface area contributed by atoms with Crippen molar-refractivity contribution in [2.24, 2.45) is 0 Å². The second-order valence-electron chi connectivity index (χ2n) is 9.09. The summed E-state index contributed by atoms with van der Waals surface area (Å²) in [5.74, 6) is 0.978. The van der Waals surface area contributed by atoms with Crippen molar-refractivity contribution >= 4 is 39.1 Å². The maximum Gasteiger partial charge on any atom is 0.267 e. The summed E-state index contributed by atoms with van der Waals surface area (Å²) in [6.45, 7) is 10.5. The van der Waals surface area contributed by atoms with Crippen molar-refractivity contribution in [1.29, 1.82) is 0 Å². The molecule has 0 aliphatic carbocycles. The van der Waals surface area contributed by atoms with E-state index >= 15 is 0 Å². The summed E-state index contributed by atoms with van der Waals surface area (Å²) in [7, 11) is 0. The van der Waals surface area contributed by atoms with Gasteiger partial charge in [0.15, 0.2) is 10.9 Å². The molecule has 0 fully saturated rings. The van der Waals surface area contributed by atoms with E-state index in [9.17, 15) is 9.59 Å². The van der Waals surface area contributed by atoms with Gasteiger partial charge in [0.05, 0.1) is 23.4 Å². The van der Waals surface area contributed by atoms with Gasteiger partial charge in [-0.05, 0) is 82.6 Å². The van der Waals surface area contributed by atoms with Crippen molar-refractivity contribution in [1.82, 2.24) is 14.1 Å². The molecule has 0 amide bonds. The fourth-order valence-corrected chi connectivity index (χ4v) is 6.65.